The Bertz CT molecular complexity index is 706. The molecule has 1 amide bonds. The third kappa shape index (κ3) is 2.99. The minimum absolute atomic E-state index is 0.0376. The van der Waals surface area contributed by atoms with Gasteiger partial charge in [-0.3, -0.25) is 19.1 Å². The summed E-state index contributed by atoms with van der Waals surface area (Å²) in [5.74, 6) is -3.30. The molecule has 1 aromatic heterocycles. The van der Waals surface area contributed by atoms with Crippen LogP contribution < -0.4 is 0 Å². The molecule has 0 atom stereocenters. The van der Waals surface area contributed by atoms with Gasteiger partial charge in [-0.25, -0.2) is 0 Å². The Kier molecular flexibility index (Phi) is 3.88. The fourth-order valence-electron chi connectivity index (χ4n) is 2.05. The van der Waals surface area contributed by atoms with E-state index in [1.807, 2.05) is 0 Å². The number of fused-ring (bicyclic) bond motifs is 1. The molecular weight excluding hydrogens is 278 g/mol. The van der Waals surface area contributed by atoms with Crippen molar-refractivity contribution in [3.8, 4) is 0 Å². The number of aliphatic carboxylic acids is 2. The van der Waals surface area contributed by atoms with Crippen LogP contribution in [0.5, 0.6) is 0 Å². The molecule has 8 heteroatoms. The lowest BCUT2D eigenvalue weighted by atomic mass is 10.2. The quantitative estimate of drug-likeness (QED) is 0.812. The predicted molar refractivity (Wildman–Crippen MR) is 71.9 cm³/mol. The second-order valence-electron chi connectivity index (χ2n) is 4.44. The van der Waals surface area contributed by atoms with Crippen LogP contribution in [0.15, 0.2) is 24.3 Å². The van der Waals surface area contributed by atoms with Gasteiger partial charge in [-0.1, -0.05) is 18.2 Å². The summed E-state index contributed by atoms with van der Waals surface area (Å²) >= 11 is 0. The van der Waals surface area contributed by atoms with Crippen LogP contribution in [0.3, 0.4) is 0 Å². The number of hydrogen-bond donors (Lipinski definition) is 2. The van der Waals surface area contributed by atoms with Gasteiger partial charge in [-0.2, -0.15) is 5.10 Å². The summed E-state index contributed by atoms with van der Waals surface area (Å²) < 4.78 is 1.49. The molecule has 0 bridgehead atoms. The van der Waals surface area contributed by atoms with E-state index >= 15 is 0 Å². The average molecular weight is 291 g/mol. The Labute approximate surface area is 119 Å². The van der Waals surface area contributed by atoms with Gasteiger partial charge in [-0.15, -0.1) is 0 Å². The fourth-order valence-corrected chi connectivity index (χ4v) is 2.05. The van der Waals surface area contributed by atoms with Crippen LogP contribution in [0, 0.1) is 0 Å². The van der Waals surface area contributed by atoms with E-state index in [1.54, 1.807) is 31.3 Å². The summed E-state index contributed by atoms with van der Waals surface area (Å²) in [6, 6.07) is 6.94. The Hall–Kier alpha value is -2.90. The molecule has 8 nitrogen and oxygen atoms in total. The van der Waals surface area contributed by atoms with Crippen LogP contribution in [0.2, 0.25) is 0 Å². The summed E-state index contributed by atoms with van der Waals surface area (Å²) in [5.41, 5.74) is 0.738. The molecule has 1 aromatic carbocycles. The predicted octanol–water partition coefficient (Wildman–Crippen LogP) is 0.185. The molecule has 0 aliphatic rings. The zero-order valence-corrected chi connectivity index (χ0v) is 11.2. The lowest BCUT2D eigenvalue weighted by molar-refractivity contribution is -0.140. The van der Waals surface area contributed by atoms with Crippen LogP contribution in [0.25, 0.3) is 10.9 Å². The number of aromatic nitrogens is 2. The maximum atomic E-state index is 12.4. The number of para-hydroxylation sites is 1. The smallest absolute Gasteiger partial charge is 0.323 e. The Morgan fingerprint density at radius 1 is 1.14 bits per heavy atom. The maximum absolute atomic E-state index is 12.4. The first kappa shape index (κ1) is 14.5. The van der Waals surface area contributed by atoms with Crippen LogP contribution in [0.1, 0.15) is 10.5 Å². The number of aryl methyl sites for hydroxylation is 1. The number of carboxylic acids is 2. The Morgan fingerprint density at radius 2 is 1.71 bits per heavy atom. The third-order valence-electron chi connectivity index (χ3n) is 2.90. The van der Waals surface area contributed by atoms with Crippen molar-refractivity contribution >= 4 is 28.7 Å². The molecule has 2 N–H and O–H groups in total. The normalized spacial score (nSPS) is 10.5. The van der Waals surface area contributed by atoms with Crippen molar-refractivity contribution in [1.82, 2.24) is 14.7 Å². The van der Waals surface area contributed by atoms with Gasteiger partial charge in [0.15, 0.2) is 5.69 Å². The van der Waals surface area contributed by atoms with Crippen molar-refractivity contribution in [2.24, 2.45) is 7.05 Å². The molecule has 21 heavy (non-hydrogen) atoms. The van der Waals surface area contributed by atoms with Crippen molar-refractivity contribution in [3.63, 3.8) is 0 Å². The first-order valence-corrected chi connectivity index (χ1v) is 6.04. The van der Waals surface area contributed by atoms with Gasteiger partial charge < -0.3 is 15.1 Å². The van der Waals surface area contributed by atoms with Gasteiger partial charge in [0.1, 0.15) is 13.1 Å². The van der Waals surface area contributed by atoms with Gasteiger partial charge in [0.2, 0.25) is 0 Å². The highest BCUT2D eigenvalue weighted by Gasteiger charge is 2.25. The molecule has 110 valence electrons. The van der Waals surface area contributed by atoms with Gasteiger partial charge in [0.05, 0.1) is 5.52 Å². The molecule has 0 spiro atoms. The molecule has 0 saturated heterocycles. The van der Waals surface area contributed by atoms with Gasteiger partial charge in [0, 0.05) is 12.4 Å². The van der Waals surface area contributed by atoms with E-state index in [1.165, 1.54) is 4.68 Å². The number of amides is 1. The lowest BCUT2D eigenvalue weighted by Crippen LogP contribution is -2.39. The third-order valence-corrected chi connectivity index (χ3v) is 2.90. The number of rotatable bonds is 5. The van der Waals surface area contributed by atoms with Crippen LogP contribution in [0.4, 0.5) is 0 Å². The van der Waals surface area contributed by atoms with Gasteiger partial charge in [0.25, 0.3) is 5.91 Å². The molecule has 0 aliphatic heterocycles. The molecule has 0 fully saturated rings. The zero-order valence-electron chi connectivity index (χ0n) is 11.2. The average Bonchev–Trinajstić information content (AvgIpc) is 2.74. The summed E-state index contributed by atoms with van der Waals surface area (Å²) in [7, 11) is 1.65. The number of nitrogens with zero attached hydrogens (tertiary/aromatic N) is 3. The van der Waals surface area contributed by atoms with E-state index in [-0.39, 0.29) is 5.69 Å². The summed E-state index contributed by atoms with van der Waals surface area (Å²) in [6.07, 6.45) is 0. The highest BCUT2D eigenvalue weighted by Crippen LogP contribution is 2.18. The van der Waals surface area contributed by atoms with Crippen molar-refractivity contribution in [2.45, 2.75) is 0 Å². The van der Waals surface area contributed by atoms with Crippen LogP contribution in [-0.2, 0) is 16.6 Å². The fraction of sp³-hybridized carbons (Fsp3) is 0.231. The standard InChI is InChI=1S/C13H13N3O5/c1-15-9-5-3-2-4-8(9)12(14-15)13(21)16(6-10(17)18)7-11(19)20/h2-5H,6-7H2,1H3,(H,17,18)(H,19,20). The van der Waals surface area contributed by atoms with E-state index in [0.29, 0.717) is 10.9 Å². The van der Waals surface area contributed by atoms with Crippen molar-refractivity contribution in [1.29, 1.82) is 0 Å². The van der Waals surface area contributed by atoms with Gasteiger partial charge >= 0.3 is 11.9 Å². The molecule has 0 radical (unpaired) electrons. The van der Waals surface area contributed by atoms with Crippen LogP contribution >= 0.6 is 0 Å². The highest BCUT2D eigenvalue weighted by molar-refractivity contribution is 6.06. The minimum atomic E-state index is -1.29. The largest absolute Gasteiger partial charge is 0.480 e. The summed E-state index contributed by atoms with van der Waals surface area (Å²) in [4.78, 5) is 34.7. The minimum Gasteiger partial charge on any atom is -0.480 e. The molecule has 0 unspecified atom stereocenters. The van der Waals surface area contributed by atoms with E-state index in [0.717, 1.165) is 4.90 Å². The van der Waals surface area contributed by atoms with Crippen LogP contribution in [-0.4, -0.2) is 55.8 Å². The SMILES string of the molecule is Cn1nc(C(=O)N(CC(=O)O)CC(=O)O)c2ccccc21. The summed E-state index contributed by atoms with van der Waals surface area (Å²) in [6.45, 7) is -1.40. The molecule has 2 aromatic rings. The lowest BCUT2D eigenvalue weighted by Gasteiger charge is -2.17. The second kappa shape index (κ2) is 5.61. The van der Waals surface area contributed by atoms with E-state index < -0.39 is 30.9 Å². The number of carbonyl (C=O) groups is 3. The molecule has 1 heterocycles. The van der Waals surface area contributed by atoms with E-state index in [4.69, 9.17) is 10.2 Å². The molecule has 0 saturated carbocycles. The number of hydrogen-bond acceptors (Lipinski definition) is 4. The first-order chi connectivity index (χ1) is 9.90. The first-order valence-electron chi connectivity index (χ1n) is 6.04. The monoisotopic (exact) mass is 291 g/mol. The second-order valence-corrected chi connectivity index (χ2v) is 4.44. The highest BCUT2D eigenvalue weighted by atomic mass is 16.4. The Balaban J connectivity index is 2.43. The van der Waals surface area contributed by atoms with E-state index in [2.05, 4.69) is 5.10 Å². The maximum Gasteiger partial charge on any atom is 0.323 e. The molecule has 0 aliphatic carbocycles. The molecular formula is C13H13N3O5. The van der Waals surface area contributed by atoms with Gasteiger partial charge in [-0.05, 0) is 6.07 Å². The number of carbonyl (C=O) groups excluding carboxylic acids is 1. The van der Waals surface area contributed by atoms with Crippen molar-refractivity contribution < 1.29 is 24.6 Å². The number of benzene rings is 1. The zero-order chi connectivity index (χ0) is 15.6. The van der Waals surface area contributed by atoms with Crippen molar-refractivity contribution in [2.75, 3.05) is 13.1 Å². The summed E-state index contributed by atoms with van der Waals surface area (Å²) in [5, 5.41) is 22.2. The number of carboxylic acid groups (broad SMARTS) is 2. The topological polar surface area (TPSA) is 113 Å². The Morgan fingerprint density at radius 3 is 2.29 bits per heavy atom. The molecule has 2 rings (SSSR count). The van der Waals surface area contributed by atoms with E-state index in [9.17, 15) is 14.4 Å². The van der Waals surface area contributed by atoms with Crippen molar-refractivity contribution in [3.05, 3.63) is 30.0 Å².